The summed E-state index contributed by atoms with van der Waals surface area (Å²) in [5.41, 5.74) is 1.01. The third-order valence-electron chi connectivity index (χ3n) is 6.38. The van der Waals surface area contributed by atoms with E-state index in [2.05, 4.69) is 16.8 Å². The van der Waals surface area contributed by atoms with Crippen molar-refractivity contribution in [2.45, 2.75) is 62.6 Å². The summed E-state index contributed by atoms with van der Waals surface area (Å²) in [6.45, 7) is 2.35. The highest BCUT2D eigenvalue weighted by Crippen LogP contribution is 2.39. The molecule has 0 aliphatic carbocycles. The van der Waals surface area contributed by atoms with Gasteiger partial charge in [0.15, 0.2) is 0 Å². The van der Waals surface area contributed by atoms with Crippen LogP contribution in [0.25, 0.3) is 0 Å². The third kappa shape index (κ3) is 3.39. The maximum Gasteiger partial charge on any atom is 0.252 e. The minimum absolute atomic E-state index is 0.110. The van der Waals surface area contributed by atoms with E-state index in [1.54, 1.807) is 12.1 Å². The Balaban J connectivity index is 1.67. The summed E-state index contributed by atoms with van der Waals surface area (Å²) in [5.74, 6) is 0.108. The number of nitrogens with zero attached hydrogens (tertiary/aromatic N) is 2. The van der Waals surface area contributed by atoms with Crippen LogP contribution in [0.4, 0.5) is 4.39 Å². The molecule has 5 heteroatoms. The predicted octanol–water partition coefficient (Wildman–Crippen LogP) is 3.17. The van der Waals surface area contributed by atoms with E-state index in [9.17, 15) is 9.18 Å². The molecular formula is C21H29FN2O2. The largest absolute Gasteiger partial charge is 0.368 e. The summed E-state index contributed by atoms with van der Waals surface area (Å²) in [6, 6.07) is 7.39. The monoisotopic (exact) mass is 360 g/mol. The molecule has 4 nitrogen and oxygen atoms in total. The number of halogens is 1. The van der Waals surface area contributed by atoms with Gasteiger partial charge in [-0.1, -0.05) is 25.0 Å². The summed E-state index contributed by atoms with van der Waals surface area (Å²) >= 11 is 0. The minimum Gasteiger partial charge on any atom is -0.368 e. The lowest BCUT2D eigenvalue weighted by Crippen LogP contribution is -2.53. The Hall–Kier alpha value is -1.46. The van der Waals surface area contributed by atoms with E-state index in [-0.39, 0.29) is 29.8 Å². The molecule has 26 heavy (non-hydrogen) atoms. The van der Waals surface area contributed by atoms with E-state index in [1.807, 2.05) is 6.07 Å². The normalized spacial score (nSPS) is 32.9. The van der Waals surface area contributed by atoms with E-state index < -0.39 is 0 Å². The van der Waals surface area contributed by atoms with Crippen LogP contribution < -0.4 is 0 Å². The molecule has 0 bridgehead atoms. The number of likely N-dealkylation sites (tertiary alicyclic amines) is 2. The van der Waals surface area contributed by atoms with E-state index >= 15 is 0 Å². The fourth-order valence-corrected chi connectivity index (χ4v) is 5.11. The van der Waals surface area contributed by atoms with Crippen molar-refractivity contribution < 1.29 is 13.9 Å². The van der Waals surface area contributed by atoms with Gasteiger partial charge in [-0.15, -0.1) is 0 Å². The molecule has 1 aromatic rings. The number of hydrogen-bond donors (Lipinski definition) is 0. The second-order valence-corrected chi connectivity index (χ2v) is 8.04. The van der Waals surface area contributed by atoms with Crippen LogP contribution in [0.1, 0.15) is 50.0 Å². The maximum atomic E-state index is 13.9. The van der Waals surface area contributed by atoms with Crippen molar-refractivity contribution in [1.29, 1.82) is 0 Å². The van der Waals surface area contributed by atoms with Crippen LogP contribution in [0.3, 0.4) is 0 Å². The summed E-state index contributed by atoms with van der Waals surface area (Å²) in [4.78, 5) is 17.7. The maximum absolute atomic E-state index is 13.9. The van der Waals surface area contributed by atoms with Crippen LogP contribution in [0.5, 0.6) is 0 Å². The van der Waals surface area contributed by atoms with Crippen LogP contribution in [-0.4, -0.2) is 60.6 Å². The molecule has 3 saturated heterocycles. The van der Waals surface area contributed by atoms with Gasteiger partial charge in [0, 0.05) is 31.7 Å². The molecule has 0 saturated carbocycles. The number of likely N-dealkylation sites (N-methyl/N-ethyl adjacent to an activating group) is 1. The Morgan fingerprint density at radius 2 is 2.08 bits per heavy atom. The van der Waals surface area contributed by atoms with Gasteiger partial charge in [-0.2, -0.15) is 0 Å². The second-order valence-electron chi connectivity index (χ2n) is 8.04. The molecule has 3 aliphatic rings. The van der Waals surface area contributed by atoms with Crippen LogP contribution >= 0.6 is 0 Å². The number of hydrogen-bond acceptors (Lipinski definition) is 3. The summed E-state index contributed by atoms with van der Waals surface area (Å²) in [5, 5.41) is 0. The van der Waals surface area contributed by atoms with Crippen LogP contribution in [0, 0.1) is 5.82 Å². The number of ether oxygens (including phenoxy) is 1. The average molecular weight is 360 g/mol. The van der Waals surface area contributed by atoms with Crippen molar-refractivity contribution in [2.75, 3.05) is 26.7 Å². The Morgan fingerprint density at radius 1 is 1.19 bits per heavy atom. The van der Waals surface area contributed by atoms with Gasteiger partial charge < -0.3 is 14.5 Å². The number of carbonyl (C=O) groups is 1. The molecular weight excluding hydrogens is 331 g/mol. The predicted molar refractivity (Wildman–Crippen MR) is 98.5 cm³/mol. The van der Waals surface area contributed by atoms with Crippen molar-refractivity contribution in [3.63, 3.8) is 0 Å². The fourth-order valence-electron chi connectivity index (χ4n) is 5.11. The highest BCUT2D eigenvalue weighted by molar-refractivity contribution is 5.81. The molecule has 1 aromatic carbocycles. The molecule has 0 N–H and O–H groups in total. The first kappa shape index (κ1) is 17.9. The smallest absolute Gasteiger partial charge is 0.252 e. The van der Waals surface area contributed by atoms with Gasteiger partial charge in [0.25, 0.3) is 5.91 Å². The topological polar surface area (TPSA) is 32.8 Å². The van der Waals surface area contributed by atoms with Gasteiger partial charge in [0.05, 0.1) is 6.04 Å². The van der Waals surface area contributed by atoms with Crippen LogP contribution in [0.2, 0.25) is 0 Å². The number of amides is 1. The van der Waals surface area contributed by atoms with Crippen molar-refractivity contribution in [3.8, 4) is 0 Å². The van der Waals surface area contributed by atoms with Crippen LogP contribution in [0.15, 0.2) is 24.3 Å². The van der Waals surface area contributed by atoms with E-state index in [0.29, 0.717) is 12.6 Å². The lowest BCUT2D eigenvalue weighted by Gasteiger charge is -2.40. The molecule has 0 spiro atoms. The Kier molecular flexibility index (Phi) is 5.28. The average Bonchev–Trinajstić information content (AvgIpc) is 3.23. The van der Waals surface area contributed by atoms with Gasteiger partial charge in [0.2, 0.25) is 0 Å². The highest BCUT2D eigenvalue weighted by atomic mass is 19.1. The minimum atomic E-state index is -0.283. The quantitative estimate of drug-likeness (QED) is 0.812. The molecule has 4 rings (SSSR count). The van der Waals surface area contributed by atoms with Gasteiger partial charge >= 0.3 is 0 Å². The van der Waals surface area contributed by atoms with E-state index in [4.69, 9.17) is 4.74 Å². The van der Waals surface area contributed by atoms with E-state index in [0.717, 1.165) is 50.8 Å². The number of carbonyl (C=O) groups excluding carboxylic acids is 1. The zero-order chi connectivity index (χ0) is 18.1. The SMILES string of the molecule is CN1C[C@@H](c2cccc(F)c2)[C@H]2[C@H]1CCCCCN2C(=O)[C@@H]1CCCO1. The molecule has 3 heterocycles. The number of fused-ring (bicyclic) bond motifs is 1. The molecule has 3 fully saturated rings. The molecule has 0 aromatic heterocycles. The first-order valence-electron chi connectivity index (χ1n) is 10.0. The summed E-state index contributed by atoms with van der Waals surface area (Å²) < 4.78 is 19.6. The fraction of sp³-hybridized carbons (Fsp3) is 0.667. The van der Waals surface area contributed by atoms with Crippen molar-refractivity contribution >= 4 is 5.91 Å². The van der Waals surface area contributed by atoms with Crippen molar-refractivity contribution in [2.24, 2.45) is 0 Å². The molecule has 1 amide bonds. The van der Waals surface area contributed by atoms with Gasteiger partial charge in [-0.3, -0.25) is 4.79 Å². The van der Waals surface area contributed by atoms with Gasteiger partial charge in [0.1, 0.15) is 11.9 Å². The summed E-state index contributed by atoms with van der Waals surface area (Å²) in [6.07, 6.45) is 6.01. The molecule has 142 valence electrons. The zero-order valence-corrected chi connectivity index (χ0v) is 15.6. The second kappa shape index (κ2) is 7.65. The van der Waals surface area contributed by atoms with Crippen molar-refractivity contribution in [1.82, 2.24) is 9.80 Å². The Labute approximate surface area is 155 Å². The Morgan fingerprint density at radius 3 is 2.85 bits per heavy atom. The molecule has 0 unspecified atom stereocenters. The van der Waals surface area contributed by atoms with E-state index in [1.165, 1.54) is 12.5 Å². The molecule has 3 aliphatic heterocycles. The first-order valence-corrected chi connectivity index (χ1v) is 10.0. The molecule has 4 atom stereocenters. The lowest BCUT2D eigenvalue weighted by atomic mass is 9.86. The van der Waals surface area contributed by atoms with Gasteiger partial charge in [-0.25, -0.2) is 4.39 Å². The zero-order valence-electron chi connectivity index (χ0n) is 15.6. The van der Waals surface area contributed by atoms with Crippen molar-refractivity contribution in [3.05, 3.63) is 35.6 Å². The Bertz CT molecular complexity index is 647. The lowest BCUT2D eigenvalue weighted by molar-refractivity contribution is -0.144. The number of rotatable bonds is 2. The summed E-state index contributed by atoms with van der Waals surface area (Å²) in [7, 11) is 2.15. The highest BCUT2D eigenvalue weighted by Gasteiger charge is 2.47. The number of benzene rings is 1. The molecule has 0 radical (unpaired) electrons. The third-order valence-corrected chi connectivity index (χ3v) is 6.38. The standard InChI is InChI=1S/C21H29FN2O2/c1-23-14-17(15-7-5-8-16(22)13-15)20-18(23)9-3-2-4-11-24(20)21(25)19-10-6-12-26-19/h5,7-8,13,17-20H,2-4,6,9-12,14H2,1H3/t17-,18+,19-,20-/m0/s1. The van der Waals surface area contributed by atoms with Crippen LogP contribution in [-0.2, 0) is 9.53 Å². The first-order chi connectivity index (χ1) is 12.6. The van der Waals surface area contributed by atoms with Gasteiger partial charge in [-0.05, 0) is 50.4 Å².